The molecule has 1 nitrogen and oxygen atoms in total. The molecule has 2 aromatic rings. The zero-order chi connectivity index (χ0) is 12.3. The quantitative estimate of drug-likeness (QED) is 0.695. The fourth-order valence-corrected chi connectivity index (χ4v) is 1.67. The maximum absolute atomic E-state index is 13.4. The standard InChI is InChI=1S/C14H11ClFN/c1-10-6-8-11(9-7-10)17-14(15)12-4-2-3-5-13(12)16/h2-9H,1H3. The Morgan fingerprint density at radius 2 is 1.71 bits per heavy atom. The van der Waals surface area contributed by atoms with E-state index in [0.29, 0.717) is 11.3 Å². The Bertz CT molecular complexity index is 546. The topological polar surface area (TPSA) is 12.4 Å². The molecule has 0 atom stereocenters. The summed E-state index contributed by atoms with van der Waals surface area (Å²) in [4.78, 5) is 4.17. The first kappa shape index (κ1) is 11.8. The average molecular weight is 248 g/mol. The summed E-state index contributed by atoms with van der Waals surface area (Å²) in [6.07, 6.45) is 0. The smallest absolute Gasteiger partial charge is 0.139 e. The first-order chi connectivity index (χ1) is 8.16. The lowest BCUT2D eigenvalue weighted by Gasteiger charge is -2.01. The number of benzene rings is 2. The molecule has 0 aliphatic carbocycles. The van der Waals surface area contributed by atoms with Crippen molar-refractivity contribution in [3.05, 3.63) is 65.5 Å². The second-order valence-electron chi connectivity index (χ2n) is 3.72. The number of rotatable bonds is 2. The lowest BCUT2D eigenvalue weighted by molar-refractivity contribution is 0.626. The Morgan fingerprint density at radius 1 is 1.06 bits per heavy atom. The molecule has 0 aromatic heterocycles. The Morgan fingerprint density at radius 3 is 2.35 bits per heavy atom. The van der Waals surface area contributed by atoms with Crippen LogP contribution in [0.1, 0.15) is 11.1 Å². The van der Waals surface area contributed by atoms with E-state index in [1.54, 1.807) is 18.2 Å². The van der Waals surface area contributed by atoms with E-state index < -0.39 is 0 Å². The lowest BCUT2D eigenvalue weighted by Crippen LogP contribution is -1.94. The predicted octanol–water partition coefficient (Wildman–Crippen LogP) is 4.45. The van der Waals surface area contributed by atoms with Gasteiger partial charge in [0.2, 0.25) is 0 Å². The summed E-state index contributed by atoms with van der Waals surface area (Å²) >= 11 is 6.00. The zero-order valence-corrected chi connectivity index (χ0v) is 10.1. The van der Waals surface area contributed by atoms with Gasteiger partial charge in [0.05, 0.1) is 5.69 Å². The van der Waals surface area contributed by atoms with Crippen LogP contribution in [-0.2, 0) is 0 Å². The van der Waals surface area contributed by atoms with Gasteiger partial charge in [-0.3, -0.25) is 0 Å². The number of halogens is 2. The molecule has 0 spiro atoms. The van der Waals surface area contributed by atoms with Crippen LogP contribution in [0.25, 0.3) is 0 Å². The fourth-order valence-electron chi connectivity index (χ4n) is 1.42. The molecule has 17 heavy (non-hydrogen) atoms. The maximum Gasteiger partial charge on any atom is 0.139 e. The summed E-state index contributed by atoms with van der Waals surface area (Å²) < 4.78 is 13.4. The van der Waals surface area contributed by atoms with Crippen molar-refractivity contribution in [3.8, 4) is 0 Å². The first-order valence-electron chi connectivity index (χ1n) is 5.22. The second kappa shape index (κ2) is 5.11. The molecule has 0 aliphatic rings. The van der Waals surface area contributed by atoms with Crippen LogP contribution in [-0.4, -0.2) is 5.17 Å². The molecule has 0 radical (unpaired) electrons. The van der Waals surface area contributed by atoms with Crippen LogP contribution in [0.15, 0.2) is 53.5 Å². The molecule has 0 saturated heterocycles. The number of aryl methyl sites for hydroxylation is 1. The second-order valence-corrected chi connectivity index (χ2v) is 4.08. The van der Waals surface area contributed by atoms with Crippen LogP contribution in [0, 0.1) is 12.7 Å². The van der Waals surface area contributed by atoms with Crippen LogP contribution >= 0.6 is 11.6 Å². The molecule has 0 aliphatic heterocycles. The third-order valence-corrected chi connectivity index (χ3v) is 2.65. The van der Waals surface area contributed by atoms with Crippen molar-refractivity contribution in [3.63, 3.8) is 0 Å². The van der Waals surface area contributed by atoms with Gasteiger partial charge in [-0.05, 0) is 31.2 Å². The molecule has 2 rings (SSSR count). The van der Waals surface area contributed by atoms with E-state index in [4.69, 9.17) is 11.6 Å². The monoisotopic (exact) mass is 247 g/mol. The van der Waals surface area contributed by atoms with Gasteiger partial charge < -0.3 is 0 Å². The van der Waals surface area contributed by atoms with Crippen LogP contribution in [0.4, 0.5) is 10.1 Å². The molecule has 86 valence electrons. The molecule has 0 saturated carbocycles. The molecule has 0 heterocycles. The van der Waals surface area contributed by atoms with Gasteiger partial charge in [0.15, 0.2) is 0 Å². The minimum Gasteiger partial charge on any atom is -0.236 e. The highest BCUT2D eigenvalue weighted by atomic mass is 35.5. The molecule has 0 unspecified atom stereocenters. The van der Waals surface area contributed by atoms with E-state index in [2.05, 4.69) is 4.99 Å². The summed E-state index contributed by atoms with van der Waals surface area (Å²) in [7, 11) is 0. The maximum atomic E-state index is 13.4. The van der Waals surface area contributed by atoms with Gasteiger partial charge >= 0.3 is 0 Å². The molecular formula is C14H11ClFN. The Hall–Kier alpha value is -1.67. The van der Waals surface area contributed by atoms with Gasteiger partial charge in [0.1, 0.15) is 11.0 Å². The van der Waals surface area contributed by atoms with Crippen LogP contribution in [0.5, 0.6) is 0 Å². The summed E-state index contributed by atoms with van der Waals surface area (Å²) in [5.41, 5.74) is 2.17. The summed E-state index contributed by atoms with van der Waals surface area (Å²) in [5.74, 6) is -0.367. The molecule has 2 aromatic carbocycles. The summed E-state index contributed by atoms with van der Waals surface area (Å²) in [6, 6.07) is 13.9. The van der Waals surface area contributed by atoms with Crippen LogP contribution in [0.2, 0.25) is 0 Å². The normalized spacial score (nSPS) is 11.6. The minimum absolute atomic E-state index is 0.159. The first-order valence-corrected chi connectivity index (χ1v) is 5.60. The van der Waals surface area contributed by atoms with Crippen molar-refractivity contribution in [2.75, 3.05) is 0 Å². The van der Waals surface area contributed by atoms with Gasteiger partial charge in [0.25, 0.3) is 0 Å². The van der Waals surface area contributed by atoms with Crippen molar-refractivity contribution in [1.29, 1.82) is 0 Å². The highest BCUT2D eigenvalue weighted by Gasteiger charge is 2.05. The van der Waals surface area contributed by atoms with Crippen molar-refractivity contribution in [2.45, 2.75) is 6.92 Å². The number of hydrogen-bond donors (Lipinski definition) is 0. The highest BCUT2D eigenvalue weighted by molar-refractivity contribution is 6.69. The Balaban J connectivity index is 2.34. The zero-order valence-electron chi connectivity index (χ0n) is 9.32. The molecule has 0 bridgehead atoms. The fraction of sp³-hybridized carbons (Fsp3) is 0.0714. The average Bonchev–Trinajstić information content (AvgIpc) is 2.32. The summed E-state index contributed by atoms with van der Waals surface area (Å²) in [5, 5.41) is 0.159. The third-order valence-electron chi connectivity index (χ3n) is 2.36. The van der Waals surface area contributed by atoms with E-state index in [0.717, 1.165) is 5.56 Å². The van der Waals surface area contributed by atoms with E-state index in [1.165, 1.54) is 6.07 Å². The SMILES string of the molecule is Cc1ccc(N=C(Cl)c2ccccc2F)cc1. The van der Waals surface area contributed by atoms with Crippen molar-refractivity contribution in [2.24, 2.45) is 4.99 Å². The largest absolute Gasteiger partial charge is 0.236 e. The van der Waals surface area contributed by atoms with E-state index in [-0.39, 0.29) is 11.0 Å². The van der Waals surface area contributed by atoms with E-state index >= 15 is 0 Å². The van der Waals surface area contributed by atoms with Crippen LogP contribution in [0.3, 0.4) is 0 Å². The Labute approximate surface area is 105 Å². The highest BCUT2D eigenvalue weighted by Crippen LogP contribution is 2.18. The molecule has 0 N–H and O–H groups in total. The van der Waals surface area contributed by atoms with Crippen LogP contribution < -0.4 is 0 Å². The van der Waals surface area contributed by atoms with Crippen molar-refractivity contribution in [1.82, 2.24) is 0 Å². The molecular weight excluding hydrogens is 237 g/mol. The Kier molecular flexibility index (Phi) is 3.55. The van der Waals surface area contributed by atoms with Gasteiger partial charge in [0, 0.05) is 5.56 Å². The van der Waals surface area contributed by atoms with Gasteiger partial charge in [-0.1, -0.05) is 41.4 Å². The lowest BCUT2D eigenvalue weighted by atomic mass is 10.2. The van der Waals surface area contributed by atoms with E-state index in [1.807, 2.05) is 31.2 Å². The van der Waals surface area contributed by atoms with Gasteiger partial charge in [-0.25, -0.2) is 9.38 Å². The minimum atomic E-state index is -0.367. The number of aliphatic imine (C=N–C) groups is 1. The van der Waals surface area contributed by atoms with E-state index in [9.17, 15) is 4.39 Å². The van der Waals surface area contributed by atoms with Gasteiger partial charge in [-0.2, -0.15) is 0 Å². The summed E-state index contributed by atoms with van der Waals surface area (Å²) in [6.45, 7) is 1.99. The van der Waals surface area contributed by atoms with Crippen molar-refractivity contribution >= 4 is 22.5 Å². The predicted molar refractivity (Wildman–Crippen MR) is 69.6 cm³/mol. The third kappa shape index (κ3) is 2.92. The van der Waals surface area contributed by atoms with Gasteiger partial charge in [-0.15, -0.1) is 0 Å². The molecule has 0 amide bonds. The number of nitrogens with zero attached hydrogens (tertiary/aromatic N) is 1. The number of hydrogen-bond acceptors (Lipinski definition) is 1. The van der Waals surface area contributed by atoms with Crippen molar-refractivity contribution < 1.29 is 4.39 Å². The molecule has 0 fully saturated rings. The molecule has 3 heteroatoms.